The lowest BCUT2D eigenvalue weighted by molar-refractivity contribution is -0.143. The minimum atomic E-state index is -1.92. The lowest BCUT2D eigenvalue weighted by atomic mass is 10.00. The summed E-state index contributed by atoms with van der Waals surface area (Å²) in [7, 11) is 0. The first kappa shape index (κ1) is 20.9. The molecule has 9 heteroatoms. The predicted molar refractivity (Wildman–Crippen MR) is 106 cm³/mol. The molecule has 3 rings (SSSR count). The number of nitrogens with zero attached hydrogens (tertiary/aromatic N) is 1. The first-order valence-corrected chi connectivity index (χ1v) is 10.1. The van der Waals surface area contributed by atoms with Crippen molar-refractivity contribution >= 4 is 45.2 Å². The van der Waals surface area contributed by atoms with Crippen LogP contribution in [-0.2, 0) is 14.4 Å². The Morgan fingerprint density at radius 3 is 2.66 bits per heavy atom. The Bertz CT molecular complexity index is 973. The Morgan fingerprint density at radius 2 is 2.00 bits per heavy atom. The van der Waals surface area contributed by atoms with Gasteiger partial charge in [0.2, 0.25) is 5.91 Å². The van der Waals surface area contributed by atoms with Crippen LogP contribution in [0, 0.1) is 6.92 Å². The van der Waals surface area contributed by atoms with Crippen LogP contribution in [0.25, 0.3) is 10.1 Å². The topological polar surface area (TPSA) is 104 Å². The fourth-order valence-electron chi connectivity index (χ4n) is 3.59. The predicted octanol–water partition coefficient (Wildman–Crippen LogP) is 2.66. The average molecular weight is 420 g/mol. The molecule has 1 fully saturated rings. The monoisotopic (exact) mass is 420 g/mol. The summed E-state index contributed by atoms with van der Waals surface area (Å²) in [6, 6.07) is 3.08. The third kappa shape index (κ3) is 4.45. The van der Waals surface area contributed by atoms with Crippen LogP contribution in [0.1, 0.15) is 40.9 Å². The summed E-state index contributed by atoms with van der Waals surface area (Å²) in [5.41, 5.74) is 0.836. The van der Waals surface area contributed by atoms with Crippen LogP contribution in [-0.4, -0.2) is 52.5 Å². The molecule has 0 aliphatic carbocycles. The molecule has 2 heterocycles. The van der Waals surface area contributed by atoms with Crippen molar-refractivity contribution < 1.29 is 28.7 Å². The molecule has 0 radical (unpaired) electrons. The van der Waals surface area contributed by atoms with Crippen molar-refractivity contribution in [2.24, 2.45) is 0 Å². The van der Waals surface area contributed by atoms with E-state index in [2.05, 4.69) is 5.32 Å². The SMILES string of the molecule is Cc1c(C(=O)N2CCCC[C@H]2C(=O)NC(CC(=O)O)C(=O)F)sc2ccccc12. The van der Waals surface area contributed by atoms with E-state index in [1.54, 1.807) is 0 Å². The first-order chi connectivity index (χ1) is 13.8. The van der Waals surface area contributed by atoms with Gasteiger partial charge in [0, 0.05) is 11.2 Å². The zero-order chi connectivity index (χ0) is 21.1. The number of rotatable bonds is 6. The van der Waals surface area contributed by atoms with Crippen LogP contribution < -0.4 is 5.32 Å². The van der Waals surface area contributed by atoms with Gasteiger partial charge in [-0.1, -0.05) is 18.2 Å². The first-order valence-electron chi connectivity index (χ1n) is 9.30. The molecule has 154 valence electrons. The number of likely N-dealkylation sites (tertiary alicyclic amines) is 1. The molecule has 1 aromatic heterocycles. The van der Waals surface area contributed by atoms with E-state index >= 15 is 0 Å². The summed E-state index contributed by atoms with van der Waals surface area (Å²) in [4.78, 5) is 49.8. The largest absolute Gasteiger partial charge is 0.481 e. The lowest BCUT2D eigenvalue weighted by Gasteiger charge is -2.35. The van der Waals surface area contributed by atoms with Gasteiger partial charge in [0.1, 0.15) is 12.1 Å². The number of benzene rings is 1. The van der Waals surface area contributed by atoms with E-state index in [-0.39, 0.29) is 5.91 Å². The third-order valence-corrected chi connectivity index (χ3v) is 6.33. The summed E-state index contributed by atoms with van der Waals surface area (Å²) in [6.07, 6.45) is 0.930. The fraction of sp³-hybridized carbons (Fsp3) is 0.400. The number of carbonyl (C=O) groups excluding carboxylic acids is 3. The van der Waals surface area contributed by atoms with Crippen molar-refractivity contribution in [1.82, 2.24) is 10.2 Å². The van der Waals surface area contributed by atoms with Crippen molar-refractivity contribution in [2.45, 2.75) is 44.7 Å². The van der Waals surface area contributed by atoms with Crippen LogP contribution in [0.2, 0.25) is 0 Å². The fourth-order valence-corrected chi connectivity index (χ4v) is 4.75. The highest BCUT2D eigenvalue weighted by atomic mass is 32.1. The maximum atomic E-state index is 13.2. The molecule has 0 spiro atoms. The van der Waals surface area contributed by atoms with E-state index in [4.69, 9.17) is 5.11 Å². The number of thiophene rings is 1. The van der Waals surface area contributed by atoms with Crippen LogP contribution in [0.3, 0.4) is 0 Å². The third-order valence-electron chi connectivity index (χ3n) is 5.07. The van der Waals surface area contributed by atoms with E-state index in [9.17, 15) is 23.6 Å². The molecule has 0 saturated carbocycles. The van der Waals surface area contributed by atoms with Gasteiger partial charge in [0.25, 0.3) is 5.91 Å². The average Bonchev–Trinajstić information content (AvgIpc) is 3.03. The Hall–Kier alpha value is -2.81. The Balaban J connectivity index is 1.83. The number of amides is 2. The summed E-state index contributed by atoms with van der Waals surface area (Å²) < 4.78 is 14.1. The van der Waals surface area contributed by atoms with E-state index < -0.39 is 36.4 Å². The summed E-state index contributed by atoms with van der Waals surface area (Å²) in [5.74, 6) is -2.40. The van der Waals surface area contributed by atoms with Crippen molar-refractivity contribution in [2.75, 3.05) is 6.54 Å². The zero-order valence-corrected chi connectivity index (χ0v) is 16.6. The number of carboxylic acids is 1. The van der Waals surface area contributed by atoms with Gasteiger partial charge in [0.05, 0.1) is 11.3 Å². The molecular weight excluding hydrogens is 399 g/mol. The molecule has 0 bridgehead atoms. The highest BCUT2D eigenvalue weighted by Crippen LogP contribution is 2.33. The standard InChI is InChI=1S/C20H21FN2O5S/c1-11-12-6-2-3-8-15(12)29-17(11)20(28)23-9-5-4-7-14(23)19(27)22-13(18(21)26)10-16(24)25/h2-3,6,8,13-14H,4-5,7,9-10H2,1H3,(H,22,27)(H,24,25)/t13?,14-/m0/s1. The highest BCUT2D eigenvalue weighted by Gasteiger charge is 2.36. The number of aryl methyl sites for hydroxylation is 1. The van der Waals surface area contributed by atoms with E-state index in [0.717, 1.165) is 22.1 Å². The molecule has 2 N–H and O–H groups in total. The minimum Gasteiger partial charge on any atom is -0.481 e. The van der Waals surface area contributed by atoms with Crippen LogP contribution in [0.15, 0.2) is 24.3 Å². The number of nitrogens with one attached hydrogen (secondary N) is 1. The maximum Gasteiger partial charge on any atom is 0.324 e. The number of hydrogen-bond acceptors (Lipinski definition) is 5. The van der Waals surface area contributed by atoms with Crippen molar-refractivity contribution in [3.05, 3.63) is 34.7 Å². The number of fused-ring (bicyclic) bond motifs is 1. The van der Waals surface area contributed by atoms with Crippen LogP contribution >= 0.6 is 11.3 Å². The molecule has 1 aromatic carbocycles. The molecule has 1 unspecified atom stereocenters. The second-order valence-electron chi connectivity index (χ2n) is 7.03. The maximum absolute atomic E-state index is 13.2. The van der Waals surface area contributed by atoms with Crippen molar-refractivity contribution in [3.8, 4) is 0 Å². The van der Waals surface area contributed by atoms with Gasteiger partial charge < -0.3 is 15.3 Å². The van der Waals surface area contributed by atoms with Crippen LogP contribution in [0.5, 0.6) is 0 Å². The number of carbonyl (C=O) groups is 4. The molecule has 2 atom stereocenters. The Morgan fingerprint density at radius 1 is 1.28 bits per heavy atom. The van der Waals surface area contributed by atoms with Gasteiger partial charge in [-0.3, -0.25) is 19.2 Å². The summed E-state index contributed by atoms with van der Waals surface area (Å²) in [5, 5.41) is 11.9. The van der Waals surface area contributed by atoms with Gasteiger partial charge in [-0.25, -0.2) is 0 Å². The number of carboxylic acid groups (broad SMARTS) is 1. The summed E-state index contributed by atoms with van der Waals surface area (Å²) in [6.45, 7) is 2.22. The molecule has 1 aliphatic heterocycles. The van der Waals surface area contributed by atoms with Gasteiger partial charge in [-0.2, -0.15) is 4.39 Å². The van der Waals surface area contributed by atoms with Gasteiger partial charge in [0.15, 0.2) is 0 Å². The molecule has 7 nitrogen and oxygen atoms in total. The number of piperidine rings is 1. The van der Waals surface area contributed by atoms with Crippen molar-refractivity contribution in [3.63, 3.8) is 0 Å². The molecule has 29 heavy (non-hydrogen) atoms. The molecular formula is C20H21FN2O5S. The Labute approximate surface area is 170 Å². The van der Waals surface area contributed by atoms with Gasteiger partial charge >= 0.3 is 12.0 Å². The lowest BCUT2D eigenvalue weighted by Crippen LogP contribution is -2.54. The second kappa shape index (κ2) is 8.69. The molecule has 2 aromatic rings. The van der Waals surface area contributed by atoms with E-state index in [1.165, 1.54) is 16.2 Å². The van der Waals surface area contributed by atoms with Crippen LogP contribution in [0.4, 0.5) is 4.39 Å². The number of aliphatic carboxylic acids is 1. The number of hydrogen-bond donors (Lipinski definition) is 2. The van der Waals surface area contributed by atoms with Gasteiger partial charge in [-0.05, 0) is 43.2 Å². The van der Waals surface area contributed by atoms with Crippen molar-refractivity contribution in [1.29, 1.82) is 0 Å². The molecule has 1 aliphatic rings. The highest BCUT2D eigenvalue weighted by molar-refractivity contribution is 7.21. The number of halogens is 1. The van der Waals surface area contributed by atoms with Gasteiger partial charge in [-0.15, -0.1) is 11.3 Å². The zero-order valence-electron chi connectivity index (χ0n) is 15.8. The Kier molecular flexibility index (Phi) is 6.26. The normalized spacial score (nSPS) is 17.7. The smallest absolute Gasteiger partial charge is 0.324 e. The summed E-state index contributed by atoms with van der Waals surface area (Å²) >= 11 is 1.35. The van der Waals surface area contributed by atoms with E-state index in [1.807, 2.05) is 31.2 Å². The molecule has 2 amide bonds. The molecule has 1 saturated heterocycles. The quantitative estimate of drug-likeness (QED) is 0.700. The minimum absolute atomic E-state index is 0.287. The van der Waals surface area contributed by atoms with E-state index in [0.29, 0.717) is 24.3 Å². The second-order valence-corrected chi connectivity index (χ2v) is 8.08.